The van der Waals surface area contributed by atoms with Gasteiger partial charge in [0.25, 0.3) is 5.91 Å². The lowest BCUT2D eigenvalue weighted by Crippen LogP contribution is -2.59. The van der Waals surface area contributed by atoms with Gasteiger partial charge in [0, 0.05) is 19.4 Å². The van der Waals surface area contributed by atoms with Crippen molar-refractivity contribution < 1.29 is 28.0 Å². The Morgan fingerprint density at radius 2 is 1.39 bits per heavy atom. The minimum Gasteiger partial charge on any atom is -0.350 e. The number of alkyl halides is 2. The van der Waals surface area contributed by atoms with Crippen molar-refractivity contribution in [3.05, 3.63) is 106 Å². The van der Waals surface area contributed by atoms with Crippen LogP contribution in [0.25, 0.3) is 0 Å². The molecule has 0 aliphatic carbocycles. The van der Waals surface area contributed by atoms with Crippen molar-refractivity contribution in [3.63, 3.8) is 0 Å². The molecule has 44 heavy (non-hydrogen) atoms. The molecular weight excluding hydrogens is 611 g/mol. The second-order valence-corrected chi connectivity index (χ2v) is 11.5. The molecule has 0 fully saturated rings. The van der Waals surface area contributed by atoms with E-state index in [2.05, 4.69) is 16.0 Å². The monoisotopic (exact) mass is 645 g/mol. The number of amides is 3. The number of rotatable bonds is 15. The topological polar surface area (TPSA) is 104 Å². The molecule has 3 aromatic rings. The van der Waals surface area contributed by atoms with Crippen molar-refractivity contribution >= 4 is 46.7 Å². The van der Waals surface area contributed by atoms with Crippen molar-refractivity contribution in [1.82, 2.24) is 16.0 Å². The molecule has 0 aromatic heterocycles. The van der Waals surface area contributed by atoms with Crippen LogP contribution in [0.3, 0.4) is 0 Å². The van der Waals surface area contributed by atoms with Gasteiger partial charge in [-0.05, 0) is 47.6 Å². The second kappa shape index (κ2) is 16.3. The summed E-state index contributed by atoms with van der Waals surface area (Å²) in [6.07, 6.45) is 0.652. The van der Waals surface area contributed by atoms with E-state index < -0.39 is 47.4 Å². The highest BCUT2D eigenvalue weighted by Gasteiger charge is 2.51. The summed E-state index contributed by atoms with van der Waals surface area (Å²) in [7, 11) is 0. The minimum atomic E-state index is -4.39. The molecule has 3 aromatic carbocycles. The largest absolute Gasteiger partial charge is 0.383 e. The summed E-state index contributed by atoms with van der Waals surface area (Å²) in [4.78, 5) is 51.7. The Hall–Kier alpha value is -3.82. The Kier molecular flexibility index (Phi) is 12.8. The fourth-order valence-electron chi connectivity index (χ4n) is 4.45. The van der Waals surface area contributed by atoms with E-state index in [4.69, 9.17) is 23.2 Å². The SMILES string of the molecule is CC(C)[C@H](NC(=O)C(Cc1ccccc1)NC(=O)CCc1ccc(Cl)c(Cl)c1)C(=O)C(F)(F)C(=O)NCCc1ccccc1. The highest BCUT2D eigenvalue weighted by Crippen LogP contribution is 2.23. The molecule has 3 rings (SSSR count). The van der Waals surface area contributed by atoms with Crippen molar-refractivity contribution in [1.29, 1.82) is 0 Å². The highest BCUT2D eigenvalue weighted by molar-refractivity contribution is 6.42. The number of benzene rings is 3. The van der Waals surface area contributed by atoms with Gasteiger partial charge in [-0.3, -0.25) is 19.2 Å². The van der Waals surface area contributed by atoms with Crippen molar-refractivity contribution in [2.45, 2.75) is 57.5 Å². The summed E-state index contributed by atoms with van der Waals surface area (Å²) < 4.78 is 30.1. The van der Waals surface area contributed by atoms with E-state index in [1.54, 1.807) is 72.8 Å². The predicted molar refractivity (Wildman–Crippen MR) is 167 cm³/mol. The van der Waals surface area contributed by atoms with Gasteiger partial charge in [0.2, 0.25) is 17.6 Å². The van der Waals surface area contributed by atoms with Crippen LogP contribution in [0, 0.1) is 5.92 Å². The molecule has 11 heteroatoms. The van der Waals surface area contributed by atoms with Gasteiger partial charge in [-0.1, -0.05) is 104 Å². The molecule has 2 atom stereocenters. The molecule has 0 saturated heterocycles. The molecular formula is C33H35Cl2F2N3O4. The third-order valence-electron chi connectivity index (χ3n) is 6.94. The number of aryl methyl sites for hydroxylation is 1. The zero-order valence-electron chi connectivity index (χ0n) is 24.4. The molecule has 0 heterocycles. The van der Waals surface area contributed by atoms with E-state index in [0.717, 1.165) is 11.1 Å². The molecule has 0 radical (unpaired) electrons. The molecule has 3 N–H and O–H groups in total. The molecule has 3 amide bonds. The van der Waals surface area contributed by atoms with Gasteiger partial charge in [0.05, 0.1) is 16.1 Å². The molecule has 0 saturated carbocycles. The maximum atomic E-state index is 15.1. The summed E-state index contributed by atoms with van der Waals surface area (Å²) >= 11 is 12.0. The zero-order valence-corrected chi connectivity index (χ0v) is 25.9. The molecule has 234 valence electrons. The van der Waals surface area contributed by atoms with Crippen LogP contribution in [0.5, 0.6) is 0 Å². The fraction of sp³-hybridized carbons (Fsp3) is 0.333. The molecule has 0 bridgehead atoms. The van der Waals surface area contributed by atoms with Gasteiger partial charge in [0.1, 0.15) is 6.04 Å². The molecule has 7 nitrogen and oxygen atoms in total. The van der Waals surface area contributed by atoms with Crippen LogP contribution in [0.15, 0.2) is 78.9 Å². The third-order valence-corrected chi connectivity index (χ3v) is 7.68. The van der Waals surface area contributed by atoms with Crippen LogP contribution < -0.4 is 16.0 Å². The van der Waals surface area contributed by atoms with Crippen LogP contribution in [0.1, 0.15) is 37.0 Å². The molecule has 0 aliphatic rings. The number of hydrogen-bond donors (Lipinski definition) is 3. The first-order chi connectivity index (χ1) is 20.9. The Balaban J connectivity index is 1.69. The summed E-state index contributed by atoms with van der Waals surface area (Å²) in [5.41, 5.74) is 2.29. The summed E-state index contributed by atoms with van der Waals surface area (Å²) in [6, 6.07) is 19.9. The highest BCUT2D eigenvalue weighted by atomic mass is 35.5. The first-order valence-electron chi connectivity index (χ1n) is 14.2. The predicted octanol–water partition coefficient (Wildman–Crippen LogP) is 5.36. The number of carbonyl (C=O) groups is 4. The summed E-state index contributed by atoms with van der Waals surface area (Å²) in [6.45, 7) is 2.86. The smallest absolute Gasteiger partial charge is 0.350 e. The maximum Gasteiger partial charge on any atom is 0.383 e. The van der Waals surface area contributed by atoms with Crippen LogP contribution in [-0.4, -0.2) is 48.1 Å². The molecule has 0 spiro atoms. The Bertz CT molecular complexity index is 1440. The second-order valence-electron chi connectivity index (χ2n) is 10.7. The van der Waals surface area contributed by atoms with E-state index in [0.29, 0.717) is 28.5 Å². The third kappa shape index (κ3) is 10.1. The van der Waals surface area contributed by atoms with Crippen molar-refractivity contribution in [2.24, 2.45) is 5.92 Å². The number of carbonyl (C=O) groups excluding carboxylic acids is 4. The Labute approximate surface area is 265 Å². The number of hydrogen-bond acceptors (Lipinski definition) is 4. The van der Waals surface area contributed by atoms with Crippen LogP contribution in [0.2, 0.25) is 10.0 Å². The minimum absolute atomic E-state index is 0.00426. The standard InChI is InChI=1S/C33H35Cl2F2N3O4/c1-21(2)29(30(42)33(36,37)32(44)38-18-17-22-9-5-3-6-10-22)40-31(43)27(20-23-11-7-4-8-12-23)39-28(41)16-14-24-13-15-25(34)26(35)19-24/h3-13,15,19,21,27,29H,14,16-18,20H2,1-2H3,(H,38,44)(H,39,41)(H,40,43)/t27?,29-/m0/s1. The van der Waals surface area contributed by atoms with Crippen molar-refractivity contribution in [3.8, 4) is 0 Å². The van der Waals surface area contributed by atoms with Gasteiger partial charge in [0.15, 0.2) is 0 Å². The van der Waals surface area contributed by atoms with E-state index in [-0.39, 0.29) is 19.4 Å². The number of nitrogens with one attached hydrogen (secondary N) is 3. The van der Waals surface area contributed by atoms with Gasteiger partial charge >= 0.3 is 5.92 Å². The van der Waals surface area contributed by atoms with Gasteiger partial charge in [-0.25, -0.2) is 0 Å². The molecule has 0 aliphatic heterocycles. The summed E-state index contributed by atoms with van der Waals surface area (Å²) in [5.74, 6) is -9.95. The number of Topliss-reactive ketones (excluding diaryl/α,β-unsaturated/α-hetero) is 1. The Morgan fingerprint density at radius 1 is 0.773 bits per heavy atom. The normalized spacial score (nSPS) is 12.7. The lowest BCUT2D eigenvalue weighted by molar-refractivity contribution is -0.161. The van der Waals surface area contributed by atoms with Crippen LogP contribution >= 0.6 is 23.2 Å². The average Bonchev–Trinajstić information content (AvgIpc) is 3.00. The van der Waals surface area contributed by atoms with Crippen molar-refractivity contribution in [2.75, 3.05) is 6.54 Å². The molecule has 1 unspecified atom stereocenters. The van der Waals surface area contributed by atoms with E-state index >= 15 is 8.78 Å². The number of halogens is 4. The van der Waals surface area contributed by atoms with E-state index in [1.165, 1.54) is 13.8 Å². The first kappa shape index (κ1) is 34.7. The van der Waals surface area contributed by atoms with Crippen LogP contribution in [-0.2, 0) is 38.4 Å². The van der Waals surface area contributed by atoms with E-state index in [9.17, 15) is 19.2 Å². The van der Waals surface area contributed by atoms with Crippen LogP contribution in [0.4, 0.5) is 8.78 Å². The van der Waals surface area contributed by atoms with E-state index in [1.807, 2.05) is 6.07 Å². The fourth-order valence-corrected chi connectivity index (χ4v) is 4.77. The maximum absolute atomic E-state index is 15.1. The number of ketones is 1. The average molecular weight is 647 g/mol. The Morgan fingerprint density at radius 3 is 1.98 bits per heavy atom. The first-order valence-corrected chi connectivity index (χ1v) is 15.0. The lowest BCUT2D eigenvalue weighted by atomic mass is 9.94. The van der Waals surface area contributed by atoms with Gasteiger partial charge in [-0.15, -0.1) is 0 Å². The quantitative estimate of drug-likeness (QED) is 0.194. The summed E-state index contributed by atoms with van der Waals surface area (Å²) in [5, 5.41) is 7.88. The van der Waals surface area contributed by atoms with Gasteiger partial charge in [-0.2, -0.15) is 8.78 Å². The zero-order chi connectivity index (χ0) is 32.3. The lowest BCUT2D eigenvalue weighted by Gasteiger charge is -2.27. The van der Waals surface area contributed by atoms with Gasteiger partial charge < -0.3 is 16.0 Å².